The number of thioether (sulfide) groups is 1. The van der Waals surface area contributed by atoms with Crippen LogP contribution in [0, 0.1) is 0 Å². The molecule has 1 N–H and O–H groups in total. The number of aromatic nitrogens is 3. The number of ether oxygens (including phenoxy) is 1. The van der Waals surface area contributed by atoms with E-state index in [1.807, 2.05) is 69.3 Å². The summed E-state index contributed by atoms with van der Waals surface area (Å²) in [5.74, 6) is 2.05. The summed E-state index contributed by atoms with van der Waals surface area (Å²) in [6.07, 6.45) is 0.0919. The Labute approximate surface area is 197 Å². The van der Waals surface area contributed by atoms with Gasteiger partial charge in [-0.2, -0.15) is 4.98 Å². The zero-order chi connectivity index (χ0) is 22.8. The Morgan fingerprint density at radius 3 is 2.59 bits per heavy atom. The first-order chi connectivity index (χ1) is 15.3. The van der Waals surface area contributed by atoms with Crippen LogP contribution in [0.15, 0.2) is 65.0 Å². The highest BCUT2D eigenvalue weighted by Gasteiger charge is 2.32. The smallest absolute Gasteiger partial charge is 0.227 e. The van der Waals surface area contributed by atoms with Crippen LogP contribution in [0.1, 0.15) is 44.9 Å². The van der Waals surface area contributed by atoms with Crippen LogP contribution < -0.4 is 10.1 Å². The number of nitrogens with one attached hydrogen (secondary N) is 1. The van der Waals surface area contributed by atoms with Gasteiger partial charge in [0, 0.05) is 22.0 Å². The van der Waals surface area contributed by atoms with E-state index in [2.05, 4.69) is 10.3 Å². The number of fused-ring (bicyclic) bond motifs is 1. The van der Waals surface area contributed by atoms with E-state index in [9.17, 15) is 4.79 Å². The third kappa shape index (κ3) is 4.69. The van der Waals surface area contributed by atoms with Crippen molar-refractivity contribution in [3.63, 3.8) is 0 Å². The van der Waals surface area contributed by atoms with Gasteiger partial charge in [-0.15, -0.1) is 5.10 Å². The lowest BCUT2D eigenvalue weighted by Gasteiger charge is -2.28. The molecule has 0 saturated carbocycles. The van der Waals surface area contributed by atoms with Crippen molar-refractivity contribution in [3.05, 3.63) is 76.0 Å². The number of Topliss-reactive ketones (excluding diaryl/α,β-unsaturated/α-hetero) is 1. The summed E-state index contributed by atoms with van der Waals surface area (Å²) in [6, 6.07) is 15.2. The topological polar surface area (TPSA) is 69.0 Å². The van der Waals surface area contributed by atoms with Crippen molar-refractivity contribution in [1.82, 2.24) is 14.8 Å². The molecule has 166 valence electrons. The van der Waals surface area contributed by atoms with Crippen molar-refractivity contribution in [1.29, 1.82) is 0 Å². The monoisotopic (exact) mass is 468 g/mol. The minimum atomic E-state index is -0.362. The summed E-state index contributed by atoms with van der Waals surface area (Å²) < 4.78 is 7.56. The van der Waals surface area contributed by atoms with Crippen molar-refractivity contribution >= 4 is 35.1 Å². The van der Waals surface area contributed by atoms with Crippen LogP contribution in [0.5, 0.6) is 5.75 Å². The quantitative estimate of drug-likeness (QED) is 0.436. The molecule has 8 heteroatoms. The number of nitrogens with zero attached hydrogens (tertiary/aromatic N) is 3. The van der Waals surface area contributed by atoms with E-state index in [4.69, 9.17) is 21.4 Å². The number of rotatable bonds is 7. The van der Waals surface area contributed by atoms with E-state index in [-0.39, 0.29) is 17.9 Å². The van der Waals surface area contributed by atoms with E-state index in [1.165, 1.54) is 11.8 Å². The van der Waals surface area contributed by atoms with Crippen LogP contribution in [0.4, 0.5) is 5.95 Å². The molecule has 0 spiro atoms. The fourth-order valence-electron chi connectivity index (χ4n) is 3.72. The number of carbonyl (C=O) groups excluding carboxylic acids is 1. The van der Waals surface area contributed by atoms with Gasteiger partial charge in [-0.05, 0) is 57.0 Å². The van der Waals surface area contributed by atoms with Crippen molar-refractivity contribution in [2.45, 2.75) is 50.8 Å². The molecule has 2 aromatic carbocycles. The average molecular weight is 469 g/mol. The number of anilines is 1. The maximum absolute atomic E-state index is 12.6. The molecule has 6 nitrogen and oxygen atoms in total. The predicted octanol–water partition coefficient (Wildman–Crippen LogP) is 5.89. The fourth-order valence-corrected chi connectivity index (χ4v) is 4.83. The van der Waals surface area contributed by atoms with Crippen molar-refractivity contribution in [3.8, 4) is 5.75 Å². The highest BCUT2D eigenvalue weighted by Crippen LogP contribution is 2.37. The van der Waals surface area contributed by atoms with Crippen LogP contribution in [-0.4, -0.2) is 26.7 Å². The molecule has 3 aromatic rings. The maximum Gasteiger partial charge on any atom is 0.227 e. The summed E-state index contributed by atoms with van der Waals surface area (Å²) in [4.78, 5) is 17.2. The lowest BCUT2D eigenvalue weighted by atomic mass is 9.93. The van der Waals surface area contributed by atoms with Gasteiger partial charge in [0.2, 0.25) is 11.1 Å². The Kier molecular flexibility index (Phi) is 6.58. The number of hydrogen-bond donors (Lipinski definition) is 1. The van der Waals surface area contributed by atoms with Crippen LogP contribution >= 0.6 is 23.4 Å². The van der Waals surface area contributed by atoms with Gasteiger partial charge >= 0.3 is 0 Å². The van der Waals surface area contributed by atoms with E-state index in [1.54, 1.807) is 11.6 Å². The molecular formula is C24H25ClN4O2S. The molecule has 0 aliphatic carbocycles. The molecule has 0 radical (unpaired) electrons. The number of allylic oxidation sites excluding steroid dienone is 2. The first-order valence-corrected chi connectivity index (χ1v) is 11.8. The van der Waals surface area contributed by atoms with Crippen LogP contribution in [-0.2, 0) is 10.5 Å². The van der Waals surface area contributed by atoms with Gasteiger partial charge in [-0.3, -0.25) is 4.79 Å². The third-order valence-electron chi connectivity index (χ3n) is 5.09. The zero-order valence-corrected chi connectivity index (χ0v) is 20.0. The lowest BCUT2D eigenvalue weighted by Crippen LogP contribution is -2.27. The van der Waals surface area contributed by atoms with E-state index in [0.29, 0.717) is 22.4 Å². The molecule has 1 aromatic heterocycles. The molecule has 32 heavy (non-hydrogen) atoms. The van der Waals surface area contributed by atoms with E-state index in [0.717, 1.165) is 27.6 Å². The Morgan fingerprint density at radius 1 is 1.22 bits per heavy atom. The first-order valence-electron chi connectivity index (χ1n) is 10.4. The van der Waals surface area contributed by atoms with E-state index >= 15 is 0 Å². The number of halogens is 1. The molecule has 1 aliphatic heterocycles. The number of hydrogen-bond acceptors (Lipinski definition) is 6. The standard InChI is InChI=1S/C24H25ClN4O2S/c1-14(2)31-19-11-9-17(10-12-19)22-21(16(4)30)15(3)26-23-27-24(28-29(22)23)32-13-18-7-5-6-8-20(18)25/h5-12,14,22H,13H2,1-4H3,(H,26,27,28). The molecule has 1 aliphatic rings. The number of carbonyl (C=O) groups is 1. The maximum atomic E-state index is 12.6. The third-order valence-corrected chi connectivity index (χ3v) is 6.35. The van der Waals surface area contributed by atoms with Gasteiger partial charge in [0.05, 0.1) is 6.10 Å². The fraction of sp³-hybridized carbons (Fsp3) is 0.292. The van der Waals surface area contributed by atoms with E-state index < -0.39 is 0 Å². The van der Waals surface area contributed by atoms with Gasteiger partial charge in [0.1, 0.15) is 11.8 Å². The SMILES string of the molecule is CC(=O)C1=C(C)Nc2nc(SCc3ccccc3Cl)nn2C1c1ccc(OC(C)C)cc1. The minimum Gasteiger partial charge on any atom is -0.491 e. The molecule has 0 saturated heterocycles. The second kappa shape index (κ2) is 9.38. The highest BCUT2D eigenvalue weighted by molar-refractivity contribution is 7.98. The van der Waals surface area contributed by atoms with Crippen molar-refractivity contribution in [2.24, 2.45) is 0 Å². The Balaban J connectivity index is 1.66. The molecule has 2 heterocycles. The van der Waals surface area contributed by atoms with Gasteiger partial charge in [0.25, 0.3) is 0 Å². The Hall–Kier alpha value is -2.77. The van der Waals surface area contributed by atoms with Crippen molar-refractivity contribution < 1.29 is 9.53 Å². The van der Waals surface area contributed by atoms with Gasteiger partial charge < -0.3 is 10.1 Å². The summed E-state index contributed by atoms with van der Waals surface area (Å²) in [5.41, 5.74) is 3.42. The molecular weight excluding hydrogens is 444 g/mol. The molecule has 0 bridgehead atoms. The van der Waals surface area contributed by atoms with Gasteiger partial charge in [0.15, 0.2) is 5.78 Å². The molecule has 0 fully saturated rings. The normalized spacial score (nSPS) is 15.5. The minimum absolute atomic E-state index is 0.00562. The Bertz CT molecular complexity index is 1170. The van der Waals surface area contributed by atoms with Crippen LogP contribution in [0.3, 0.4) is 0 Å². The van der Waals surface area contributed by atoms with Gasteiger partial charge in [-0.25, -0.2) is 4.68 Å². The average Bonchev–Trinajstić information content (AvgIpc) is 3.14. The predicted molar refractivity (Wildman–Crippen MR) is 128 cm³/mol. The highest BCUT2D eigenvalue weighted by atomic mass is 35.5. The largest absolute Gasteiger partial charge is 0.491 e. The van der Waals surface area contributed by atoms with Crippen LogP contribution in [0.2, 0.25) is 5.02 Å². The lowest BCUT2D eigenvalue weighted by molar-refractivity contribution is -0.114. The zero-order valence-electron chi connectivity index (χ0n) is 18.4. The summed E-state index contributed by atoms with van der Waals surface area (Å²) >= 11 is 7.79. The van der Waals surface area contributed by atoms with Crippen molar-refractivity contribution in [2.75, 3.05) is 5.32 Å². The molecule has 1 unspecified atom stereocenters. The van der Waals surface area contributed by atoms with Crippen LogP contribution in [0.25, 0.3) is 0 Å². The molecule has 0 amide bonds. The first kappa shape index (κ1) is 22.4. The number of ketones is 1. The molecule has 1 atom stereocenters. The molecule has 4 rings (SSSR count). The second-order valence-electron chi connectivity index (χ2n) is 7.90. The van der Waals surface area contributed by atoms with Gasteiger partial charge in [-0.1, -0.05) is 53.7 Å². The summed E-state index contributed by atoms with van der Waals surface area (Å²) in [7, 11) is 0. The summed E-state index contributed by atoms with van der Waals surface area (Å²) in [5, 5.41) is 9.32. The Morgan fingerprint density at radius 2 is 1.94 bits per heavy atom. The number of benzene rings is 2. The second-order valence-corrected chi connectivity index (χ2v) is 9.25. The summed E-state index contributed by atoms with van der Waals surface area (Å²) in [6.45, 7) is 7.46.